The monoisotopic (exact) mass is 512 g/mol. The Morgan fingerprint density at radius 3 is 1.42 bits per heavy atom. The van der Waals surface area contributed by atoms with Crippen LogP contribution in [0.15, 0.2) is 34.5 Å². The lowest BCUT2D eigenvalue weighted by Gasteiger charge is -2.27. The summed E-state index contributed by atoms with van der Waals surface area (Å²) in [5.74, 6) is -1.27. The van der Waals surface area contributed by atoms with Crippen LogP contribution in [0.2, 0.25) is 0 Å². The number of nitrogens with one attached hydrogen (secondary N) is 2. The molecule has 0 aliphatic heterocycles. The second kappa shape index (κ2) is 13.7. The zero-order chi connectivity index (χ0) is 26.6. The fourth-order valence-electron chi connectivity index (χ4n) is 3.78. The van der Waals surface area contributed by atoms with Gasteiger partial charge in [0, 0.05) is 62.1 Å². The Kier molecular flexibility index (Phi) is 11.0. The van der Waals surface area contributed by atoms with Crippen molar-refractivity contribution in [1.82, 2.24) is 10.6 Å². The third-order valence-electron chi connectivity index (χ3n) is 5.94. The van der Waals surface area contributed by atoms with Crippen LogP contribution in [0.5, 0.6) is 0 Å². The first-order chi connectivity index (χ1) is 17.0. The van der Waals surface area contributed by atoms with Crippen molar-refractivity contribution in [3.8, 4) is 11.8 Å². The average molecular weight is 513 g/mol. The summed E-state index contributed by atoms with van der Waals surface area (Å²) in [6.07, 6.45) is 4.97. The molecule has 0 radical (unpaired) electrons. The summed E-state index contributed by atoms with van der Waals surface area (Å²) in [5.41, 5.74) is 11.4. The maximum atomic E-state index is 13.2. The van der Waals surface area contributed by atoms with Crippen molar-refractivity contribution in [3.63, 3.8) is 0 Å². The Hall–Kier alpha value is -3.36. The quantitative estimate of drug-likeness (QED) is 0.172. The molecule has 0 spiro atoms. The van der Waals surface area contributed by atoms with E-state index in [0.717, 1.165) is 0 Å². The molecule has 8 nitrogen and oxygen atoms in total. The SMILES string of the molecule is N/C(CNC(=O)C1CCC(F)(F)CC1)=N\C=C\C#C/C=C/N=C(\N)CNC(=O)C1CCC(F)(F)CC1. The molecule has 36 heavy (non-hydrogen) atoms. The zero-order valence-electron chi connectivity index (χ0n) is 19.9. The van der Waals surface area contributed by atoms with Gasteiger partial charge in [0.05, 0.1) is 13.1 Å². The van der Waals surface area contributed by atoms with Gasteiger partial charge in [-0.05, 0) is 25.7 Å². The number of amidine groups is 2. The fraction of sp³-hybridized carbons (Fsp3) is 0.583. The standard InChI is InChI=1S/C24H32F4N6O2/c25-23(26)9-5-17(6-10-23)21(35)33-15-19(29)31-13-3-1-2-4-14-32-20(30)16-34-22(36)18-7-11-24(27,28)12-8-18/h3-4,13-14,17-18H,5-12,15-16H2,(H2,29,31)(H2,30,32)(H,33,35)(H,34,36)/b13-3+,14-4+. The fourth-order valence-corrected chi connectivity index (χ4v) is 3.78. The Bertz CT molecular complexity index is 871. The number of aliphatic imine (C=N–C) groups is 2. The molecule has 198 valence electrons. The van der Waals surface area contributed by atoms with Crippen LogP contribution in [0, 0.1) is 23.7 Å². The number of halogens is 4. The lowest BCUT2D eigenvalue weighted by molar-refractivity contribution is -0.129. The molecule has 0 unspecified atom stereocenters. The molecule has 0 bridgehead atoms. The summed E-state index contributed by atoms with van der Waals surface area (Å²) in [6, 6.07) is 0. The summed E-state index contributed by atoms with van der Waals surface area (Å²) < 4.78 is 52.6. The molecule has 0 atom stereocenters. The first-order valence-corrected chi connectivity index (χ1v) is 11.7. The molecule has 6 N–H and O–H groups in total. The van der Waals surface area contributed by atoms with Crippen LogP contribution in [0.1, 0.15) is 51.4 Å². The zero-order valence-corrected chi connectivity index (χ0v) is 19.9. The molecule has 0 aromatic heterocycles. The Morgan fingerprint density at radius 1 is 0.750 bits per heavy atom. The van der Waals surface area contributed by atoms with Gasteiger partial charge in [0.2, 0.25) is 23.7 Å². The molecule has 2 saturated carbocycles. The highest BCUT2D eigenvalue weighted by Gasteiger charge is 2.38. The van der Waals surface area contributed by atoms with Crippen molar-refractivity contribution in [3.05, 3.63) is 24.6 Å². The lowest BCUT2D eigenvalue weighted by Crippen LogP contribution is -2.39. The van der Waals surface area contributed by atoms with Crippen molar-refractivity contribution in [2.45, 2.75) is 63.2 Å². The number of amides is 2. The number of nitrogens with two attached hydrogens (primary N) is 2. The Labute approximate surface area is 207 Å². The topological polar surface area (TPSA) is 135 Å². The first-order valence-electron chi connectivity index (χ1n) is 11.7. The molecule has 0 heterocycles. The van der Waals surface area contributed by atoms with Gasteiger partial charge in [-0.1, -0.05) is 11.8 Å². The van der Waals surface area contributed by atoms with E-state index in [4.69, 9.17) is 11.5 Å². The number of nitrogens with zero attached hydrogens (tertiary/aromatic N) is 2. The van der Waals surface area contributed by atoms with E-state index in [1.807, 2.05) is 0 Å². The molecule has 0 aromatic carbocycles. The highest BCUT2D eigenvalue weighted by Crippen LogP contribution is 2.36. The minimum Gasteiger partial charge on any atom is -0.386 e. The summed E-state index contributed by atoms with van der Waals surface area (Å²) in [6.45, 7) is 0.00229. The molecule has 2 rings (SSSR count). The van der Waals surface area contributed by atoms with E-state index in [1.165, 1.54) is 24.6 Å². The molecule has 0 saturated heterocycles. The highest BCUT2D eigenvalue weighted by atomic mass is 19.3. The third kappa shape index (κ3) is 10.9. The highest BCUT2D eigenvalue weighted by molar-refractivity contribution is 5.89. The van der Waals surface area contributed by atoms with E-state index in [-0.39, 0.29) is 87.9 Å². The van der Waals surface area contributed by atoms with E-state index < -0.39 is 23.7 Å². The van der Waals surface area contributed by atoms with Crippen LogP contribution in [-0.2, 0) is 9.59 Å². The van der Waals surface area contributed by atoms with Gasteiger partial charge < -0.3 is 22.1 Å². The molecule has 2 amide bonds. The van der Waals surface area contributed by atoms with Crippen molar-refractivity contribution in [2.24, 2.45) is 33.3 Å². The van der Waals surface area contributed by atoms with E-state index in [0.29, 0.717) is 0 Å². The van der Waals surface area contributed by atoms with E-state index in [1.54, 1.807) is 0 Å². The van der Waals surface area contributed by atoms with Crippen molar-refractivity contribution >= 4 is 23.5 Å². The van der Waals surface area contributed by atoms with Gasteiger partial charge in [-0.15, -0.1) is 0 Å². The Morgan fingerprint density at radius 2 is 1.08 bits per heavy atom. The second-order valence-electron chi connectivity index (χ2n) is 8.86. The minimum atomic E-state index is -2.68. The van der Waals surface area contributed by atoms with Crippen molar-refractivity contribution in [1.29, 1.82) is 0 Å². The van der Waals surface area contributed by atoms with Gasteiger partial charge in [-0.3, -0.25) is 9.59 Å². The molecule has 0 aromatic rings. The molecule has 2 aliphatic rings. The second-order valence-corrected chi connectivity index (χ2v) is 8.86. The van der Waals surface area contributed by atoms with Crippen LogP contribution in [0.3, 0.4) is 0 Å². The van der Waals surface area contributed by atoms with Crippen molar-refractivity contribution in [2.75, 3.05) is 13.1 Å². The van der Waals surface area contributed by atoms with Crippen LogP contribution in [-0.4, -0.2) is 48.4 Å². The van der Waals surface area contributed by atoms with Gasteiger partial charge in [-0.25, -0.2) is 27.5 Å². The molecular formula is C24H32F4N6O2. The van der Waals surface area contributed by atoms with Crippen LogP contribution >= 0.6 is 0 Å². The van der Waals surface area contributed by atoms with Gasteiger partial charge >= 0.3 is 0 Å². The predicted molar refractivity (Wildman–Crippen MR) is 129 cm³/mol. The number of carbonyl (C=O) groups is 2. The third-order valence-corrected chi connectivity index (χ3v) is 5.94. The normalized spacial score (nSPS) is 21.2. The number of carbonyl (C=O) groups excluding carboxylic acids is 2. The number of allylic oxidation sites excluding steroid dienone is 2. The summed E-state index contributed by atoms with van der Waals surface area (Å²) in [5, 5.41) is 5.19. The van der Waals surface area contributed by atoms with E-state index in [9.17, 15) is 27.2 Å². The average Bonchev–Trinajstić information content (AvgIpc) is 2.82. The first kappa shape index (κ1) is 28.9. The van der Waals surface area contributed by atoms with Crippen LogP contribution < -0.4 is 22.1 Å². The molecule has 12 heteroatoms. The minimum absolute atomic E-state index is 0.00114. The van der Waals surface area contributed by atoms with Crippen LogP contribution in [0.4, 0.5) is 17.6 Å². The van der Waals surface area contributed by atoms with E-state index >= 15 is 0 Å². The maximum Gasteiger partial charge on any atom is 0.248 e. The number of rotatable bonds is 8. The summed E-state index contributed by atoms with van der Waals surface area (Å²) in [7, 11) is 0. The number of hydrogen-bond acceptors (Lipinski definition) is 4. The van der Waals surface area contributed by atoms with Crippen molar-refractivity contribution < 1.29 is 27.2 Å². The molecular weight excluding hydrogens is 480 g/mol. The summed E-state index contributed by atoms with van der Waals surface area (Å²) >= 11 is 0. The lowest BCUT2D eigenvalue weighted by atomic mass is 9.86. The van der Waals surface area contributed by atoms with Crippen LogP contribution in [0.25, 0.3) is 0 Å². The number of hydrogen-bond donors (Lipinski definition) is 4. The predicted octanol–water partition coefficient (Wildman–Crippen LogP) is 2.62. The van der Waals surface area contributed by atoms with Gasteiger partial charge in [0.1, 0.15) is 11.7 Å². The van der Waals surface area contributed by atoms with Gasteiger partial charge in [-0.2, -0.15) is 0 Å². The summed E-state index contributed by atoms with van der Waals surface area (Å²) in [4.78, 5) is 31.9. The number of alkyl halides is 4. The van der Waals surface area contributed by atoms with E-state index in [2.05, 4.69) is 32.5 Å². The van der Waals surface area contributed by atoms with Gasteiger partial charge in [0.25, 0.3) is 0 Å². The maximum absolute atomic E-state index is 13.2. The van der Waals surface area contributed by atoms with Gasteiger partial charge in [0.15, 0.2) is 0 Å². The molecule has 2 fully saturated rings. The largest absolute Gasteiger partial charge is 0.386 e. The Balaban J connectivity index is 1.63. The smallest absolute Gasteiger partial charge is 0.248 e. The molecule has 2 aliphatic carbocycles.